The largest absolute Gasteiger partial charge is 0.479 e. The first-order chi connectivity index (χ1) is 9.06. The SMILES string of the molecule is C[C@H](NCC1CCC(C(=O)O)O1)c1cccc(Br)c1. The van der Waals surface area contributed by atoms with E-state index in [0.29, 0.717) is 13.0 Å². The van der Waals surface area contributed by atoms with Crippen molar-refractivity contribution in [3.05, 3.63) is 34.3 Å². The zero-order valence-electron chi connectivity index (χ0n) is 10.8. The molecule has 1 saturated heterocycles. The second kappa shape index (κ2) is 6.50. The van der Waals surface area contributed by atoms with Gasteiger partial charge in [0.15, 0.2) is 6.10 Å². The van der Waals surface area contributed by atoms with E-state index in [1.165, 1.54) is 5.56 Å². The third kappa shape index (κ3) is 4.03. The number of halogens is 1. The first-order valence-corrected chi connectivity index (χ1v) is 7.22. The van der Waals surface area contributed by atoms with Gasteiger partial charge in [-0.2, -0.15) is 0 Å². The van der Waals surface area contributed by atoms with Crippen LogP contribution >= 0.6 is 15.9 Å². The van der Waals surface area contributed by atoms with Crippen molar-refractivity contribution in [2.75, 3.05) is 6.54 Å². The van der Waals surface area contributed by atoms with Crippen molar-refractivity contribution in [3.63, 3.8) is 0 Å². The smallest absolute Gasteiger partial charge is 0.332 e. The van der Waals surface area contributed by atoms with E-state index in [9.17, 15) is 4.79 Å². The van der Waals surface area contributed by atoms with Crippen molar-refractivity contribution < 1.29 is 14.6 Å². The van der Waals surface area contributed by atoms with Crippen LogP contribution in [0.5, 0.6) is 0 Å². The summed E-state index contributed by atoms with van der Waals surface area (Å²) in [7, 11) is 0. The molecule has 1 fully saturated rings. The monoisotopic (exact) mass is 327 g/mol. The first kappa shape index (κ1) is 14.5. The lowest BCUT2D eigenvalue weighted by Gasteiger charge is -2.18. The fraction of sp³-hybridized carbons (Fsp3) is 0.500. The highest BCUT2D eigenvalue weighted by Gasteiger charge is 2.30. The Morgan fingerprint density at radius 1 is 1.58 bits per heavy atom. The van der Waals surface area contributed by atoms with Gasteiger partial charge in [0.1, 0.15) is 0 Å². The maximum absolute atomic E-state index is 10.8. The van der Waals surface area contributed by atoms with Gasteiger partial charge in [-0.15, -0.1) is 0 Å². The van der Waals surface area contributed by atoms with Crippen LogP contribution < -0.4 is 5.32 Å². The summed E-state index contributed by atoms with van der Waals surface area (Å²) in [5.74, 6) is -0.859. The van der Waals surface area contributed by atoms with Gasteiger partial charge in [-0.3, -0.25) is 0 Å². The van der Waals surface area contributed by atoms with Gasteiger partial charge in [0.25, 0.3) is 0 Å². The minimum Gasteiger partial charge on any atom is -0.479 e. The van der Waals surface area contributed by atoms with E-state index >= 15 is 0 Å². The van der Waals surface area contributed by atoms with E-state index in [2.05, 4.69) is 40.3 Å². The molecule has 2 N–H and O–H groups in total. The molecule has 5 heteroatoms. The summed E-state index contributed by atoms with van der Waals surface area (Å²) in [6.07, 6.45) is 0.769. The van der Waals surface area contributed by atoms with Crippen LogP contribution in [0.3, 0.4) is 0 Å². The summed E-state index contributed by atoms with van der Waals surface area (Å²) in [5.41, 5.74) is 1.20. The van der Waals surface area contributed by atoms with Crippen molar-refractivity contribution in [3.8, 4) is 0 Å². The Morgan fingerprint density at radius 3 is 3.00 bits per heavy atom. The number of nitrogens with one attached hydrogen (secondary N) is 1. The molecule has 0 spiro atoms. The standard InChI is InChI=1S/C14H18BrNO3/c1-9(10-3-2-4-11(15)7-10)16-8-12-5-6-13(19-12)14(17)18/h2-4,7,9,12-13,16H,5-6,8H2,1H3,(H,17,18)/t9-,12?,13?/m0/s1. The number of carboxylic acids is 1. The van der Waals surface area contributed by atoms with Gasteiger partial charge >= 0.3 is 5.97 Å². The Bertz CT molecular complexity index is 452. The molecule has 3 atom stereocenters. The molecule has 0 amide bonds. The predicted octanol–water partition coefficient (Wildman–Crippen LogP) is 2.73. The molecular formula is C14H18BrNO3. The fourth-order valence-electron chi connectivity index (χ4n) is 2.24. The topological polar surface area (TPSA) is 58.6 Å². The zero-order valence-corrected chi connectivity index (χ0v) is 12.4. The molecule has 104 valence electrons. The first-order valence-electron chi connectivity index (χ1n) is 6.43. The second-order valence-electron chi connectivity index (χ2n) is 4.85. The van der Waals surface area contributed by atoms with Crippen molar-refractivity contribution in [1.29, 1.82) is 0 Å². The molecule has 1 aromatic carbocycles. The van der Waals surface area contributed by atoms with Gasteiger partial charge in [0, 0.05) is 17.1 Å². The average molecular weight is 328 g/mol. The fourth-order valence-corrected chi connectivity index (χ4v) is 2.66. The molecule has 19 heavy (non-hydrogen) atoms. The Kier molecular flexibility index (Phi) is 4.96. The highest BCUT2D eigenvalue weighted by molar-refractivity contribution is 9.10. The maximum Gasteiger partial charge on any atom is 0.332 e. The minimum atomic E-state index is -0.859. The minimum absolute atomic E-state index is 0.00398. The number of ether oxygens (including phenoxy) is 1. The normalized spacial score (nSPS) is 24.3. The number of rotatable bonds is 5. The summed E-state index contributed by atoms with van der Waals surface area (Å²) >= 11 is 3.45. The second-order valence-corrected chi connectivity index (χ2v) is 5.76. The number of benzene rings is 1. The lowest BCUT2D eigenvalue weighted by Crippen LogP contribution is -2.30. The van der Waals surface area contributed by atoms with Gasteiger partial charge < -0.3 is 15.2 Å². The number of hydrogen-bond acceptors (Lipinski definition) is 3. The third-order valence-electron chi connectivity index (χ3n) is 3.38. The Labute approximate surface area is 121 Å². The molecule has 0 radical (unpaired) electrons. The average Bonchev–Trinajstić information content (AvgIpc) is 2.85. The van der Waals surface area contributed by atoms with Gasteiger partial charge in [-0.1, -0.05) is 28.1 Å². The Balaban J connectivity index is 1.81. The Morgan fingerprint density at radius 2 is 2.37 bits per heavy atom. The van der Waals surface area contributed by atoms with Crippen LogP contribution in [0, 0.1) is 0 Å². The molecule has 0 aromatic heterocycles. The lowest BCUT2D eigenvalue weighted by molar-refractivity contribution is -0.149. The number of carboxylic acid groups (broad SMARTS) is 1. The van der Waals surface area contributed by atoms with Crippen molar-refractivity contribution in [2.24, 2.45) is 0 Å². The summed E-state index contributed by atoms with van der Waals surface area (Å²) < 4.78 is 6.52. The van der Waals surface area contributed by atoms with Gasteiger partial charge in [-0.25, -0.2) is 4.79 Å². The van der Waals surface area contributed by atoms with Crippen LogP contribution in [0.4, 0.5) is 0 Å². The van der Waals surface area contributed by atoms with E-state index in [1.54, 1.807) is 0 Å². The van der Waals surface area contributed by atoms with Gasteiger partial charge in [0.05, 0.1) is 6.10 Å². The molecule has 0 bridgehead atoms. The summed E-state index contributed by atoms with van der Waals surface area (Å²) in [6.45, 7) is 2.77. The molecule has 1 aliphatic heterocycles. The van der Waals surface area contributed by atoms with Gasteiger partial charge in [0.2, 0.25) is 0 Å². The lowest BCUT2D eigenvalue weighted by atomic mass is 10.1. The zero-order chi connectivity index (χ0) is 13.8. The molecule has 1 aromatic rings. The third-order valence-corrected chi connectivity index (χ3v) is 3.88. The number of hydrogen-bond donors (Lipinski definition) is 2. The quantitative estimate of drug-likeness (QED) is 0.873. The predicted molar refractivity (Wildman–Crippen MR) is 76.1 cm³/mol. The summed E-state index contributed by atoms with van der Waals surface area (Å²) in [6, 6.07) is 8.35. The number of carbonyl (C=O) groups is 1. The van der Waals surface area contributed by atoms with E-state index < -0.39 is 12.1 Å². The van der Waals surface area contributed by atoms with Crippen molar-refractivity contribution >= 4 is 21.9 Å². The molecule has 4 nitrogen and oxygen atoms in total. The number of aliphatic carboxylic acids is 1. The molecule has 2 rings (SSSR count). The van der Waals surface area contributed by atoms with E-state index in [1.807, 2.05) is 12.1 Å². The van der Waals surface area contributed by atoms with Crippen LogP contribution in [0.1, 0.15) is 31.4 Å². The molecule has 1 aliphatic rings. The van der Waals surface area contributed by atoms with E-state index in [4.69, 9.17) is 9.84 Å². The molecule has 0 aliphatic carbocycles. The van der Waals surface area contributed by atoms with Crippen LogP contribution in [-0.4, -0.2) is 29.8 Å². The molecule has 2 unspecified atom stereocenters. The van der Waals surface area contributed by atoms with E-state index in [-0.39, 0.29) is 12.1 Å². The van der Waals surface area contributed by atoms with Crippen molar-refractivity contribution in [2.45, 2.75) is 38.0 Å². The highest BCUT2D eigenvalue weighted by atomic mass is 79.9. The van der Waals surface area contributed by atoms with Crippen LogP contribution in [0.2, 0.25) is 0 Å². The highest BCUT2D eigenvalue weighted by Crippen LogP contribution is 2.21. The molecule has 1 heterocycles. The molecule has 0 saturated carbocycles. The van der Waals surface area contributed by atoms with Crippen LogP contribution in [0.15, 0.2) is 28.7 Å². The van der Waals surface area contributed by atoms with Gasteiger partial charge in [-0.05, 0) is 37.5 Å². The summed E-state index contributed by atoms with van der Waals surface area (Å²) in [4.78, 5) is 10.8. The molecular weight excluding hydrogens is 310 g/mol. The Hall–Kier alpha value is -0.910. The van der Waals surface area contributed by atoms with Crippen LogP contribution in [0.25, 0.3) is 0 Å². The maximum atomic E-state index is 10.8. The van der Waals surface area contributed by atoms with Crippen LogP contribution in [-0.2, 0) is 9.53 Å². The van der Waals surface area contributed by atoms with E-state index in [0.717, 1.165) is 10.9 Å². The summed E-state index contributed by atoms with van der Waals surface area (Å²) in [5, 5.41) is 12.3. The van der Waals surface area contributed by atoms with Crippen molar-refractivity contribution in [1.82, 2.24) is 5.32 Å².